The highest BCUT2D eigenvalue weighted by Gasteiger charge is 2.49. The number of carbonyl (C=O) groups is 1. The van der Waals surface area contributed by atoms with Gasteiger partial charge in [0.2, 0.25) is 5.91 Å². The molecule has 0 radical (unpaired) electrons. The number of fused-ring (bicyclic) bond motifs is 1. The molecule has 2 aromatic rings. The number of sulfone groups is 1. The van der Waals surface area contributed by atoms with Crippen molar-refractivity contribution in [3.05, 3.63) is 48.8 Å². The van der Waals surface area contributed by atoms with E-state index in [-0.39, 0.29) is 29.4 Å². The summed E-state index contributed by atoms with van der Waals surface area (Å²) < 4.78 is 29.5. The van der Waals surface area contributed by atoms with Gasteiger partial charge in [0.15, 0.2) is 9.84 Å². The van der Waals surface area contributed by atoms with E-state index in [1.54, 1.807) is 47.6 Å². The number of aromatic nitrogens is 1. The summed E-state index contributed by atoms with van der Waals surface area (Å²) in [5.41, 5.74) is 0.677. The quantitative estimate of drug-likeness (QED) is 0.851. The Morgan fingerprint density at radius 1 is 1.08 bits per heavy atom. The third-order valence-corrected chi connectivity index (χ3v) is 6.24. The van der Waals surface area contributed by atoms with Gasteiger partial charge in [0, 0.05) is 36.5 Å². The lowest BCUT2D eigenvalue weighted by molar-refractivity contribution is -0.117. The van der Waals surface area contributed by atoms with Crippen molar-refractivity contribution < 1.29 is 17.9 Å². The fourth-order valence-electron chi connectivity index (χ4n) is 3.46. The highest BCUT2D eigenvalue weighted by atomic mass is 32.2. The van der Waals surface area contributed by atoms with Gasteiger partial charge in [-0.2, -0.15) is 0 Å². The zero-order valence-electron chi connectivity index (χ0n) is 12.8. The van der Waals surface area contributed by atoms with Gasteiger partial charge in [-0.05, 0) is 24.3 Å². The number of rotatable bonds is 3. The predicted molar refractivity (Wildman–Crippen MR) is 88.8 cm³/mol. The van der Waals surface area contributed by atoms with E-state index in [2.05, 4.69) is 4.98 Å². The summed E-state index contributed by atoms with van der Waals surface area (Å²) in [6, 6.07) is 10.4. The van der Waals surface area contributed by atoms with Gasteiger partial charge >= 0.3 is 0 Å². The topological polar surface area (TPSA) is 76.6 Å². The molecule has 2 saturated heterocycles. The maximum absolute atomic E-state index is 12.4. The summed E-state index contributed by atoms with van der Waals surface area (Å²) in [7, 11) is -3.06. The molecule has 0 N–H and O–H groups in total. The minimum absolute atomic E-state index is 0.0269. The summed E-state index contributed by atoms with van der Waals surface area (Å²) in [6.45, 7) is 0. The SMILES string of the molecule is O=C1CC2CS(=O)(=O)CC2N1c1cccc(Oc2ccncc2)c1. The fourth-order valence-corrected chi connectivity index (χ4v) is 5.53. The van der Waals surface area contributed by atoms with Gasteiger partial charge in [-0.25, -0.2) is 8.42 Å². The molecule has 1 aromatic heterocycles. The van der Waals surface area contributed by atoms with Crippen molar-refractivity contribution in [1.82, 2.24) is 4.98 Å². The second-order valence-corrected chi connectivity index (χ2v) is 8.31. The first-order chi connectivity index (χ1) is 11.5. The monoisotopic (exact) mass is 344 g/mol. The normalized spacial score (nSPS) is 24.8. The second kappa shape index (κ2) is 5.59. The van der Waals surface area contributed by atoms with Crippen LogP contribution in [0.15, 0.2) is 48.8 Å². The Labute approximate surface area is 140 Å². The van der Waals surface area contributed by atoms with E-state index in [9.17, 15) is 13.2 Å². The van der Waals surface area contributed by atoms with Gasteiger partial charge in [-0.3, -0.25) is 9.78 Å². The van der Waals surface area contributed by atoms with Gasteiger partial charge in [0.1, 0.15) is 11.5 Å². The molecular weight excluding hydrogens is 328 g/mol. The Kier molecular flexibility index (Phi) is 3.53. The van der Waals surface area contributed by atoms with Gasteiger partial charge in [0.05, 0.1) is 17.5 Å². The number of benzene rings is 1. The molecule has 2 fully saturated rings. The summed E-state index contributed by atoms with van der Waals surface area (Å²) in [5, 5.41) is 0. The number of nitrogens with zero attached hydrogens (tertiary/aromatic N) is 2. The Hall–Kier alpha value is -2.41. The molecule has 124 valence electrons. The molecule has 4 rings (SSSR count). The maximum atomic E-state index is 12.4. The van der Waals surface area contributed by atoms with Crippen molar-refractivity contribution in [3.63, 3.8) is 0 Å². The number of amides is 1. The highest BCUT2D eigenvalue weighted by molar-refractivity contribution is 7.91. The van der Waals surface area contributed by atoms with Crippen molar-refractivity contribution in [3.8, 4) is 11.5 Å². The average Bonchev–Trinajstić information content (AvgIpc) is 2.98. The zero-order chi connectivity index (χ0) is 16.7. The first-order valence-corrected chi connectivity index (χ1v) is 9.54. The molecule has 2 atom stereocenters. The lowest BCUT2D eigenvalue weighted by atomic mass is 10.0. The number of ether oxygens (including phenoxy) is 1. The van der Waals surface area contributed by atoms with Crippen LogP contribution >= 0.6 is 0 Å². The summed E-state index contributed by atoms with van der Waals surface area (Å²) >= 11 is 0. The van der Waals surface area contributed by atoms with E-state index in [4.69, 9.17) is 4.74 Å². The van der Waals surface area contributed by atoms with Crippen LogP contribution in [0.2, 0.25) is 0 Å². The van der Waals surface area contributed by atoms with Crippen LogP contribution in [0, 0.1) is 5.92 Å². The number of hydrogen-bond acceptors (Lipinski definition) is 5. The van der Waals surface area contributed by atoms with Crippen LogP contribution in [0.1, 0.15) is 6.42 Å². The lowest BCUT2D eigenvalue weighted by Gasteiger charge is -2.23. The molecule has 2 aliphatic rings. The summed E-state index contributed by atoms with van der Waals surface area (Å²) in [5.74, 6) is 1.26. The van der Waals surface area contributed by atoms with Crippen LogP contribution < -0.4 is 9.64 Å². The van der Waals surface area contributed by atoms with Crippen molar-refractivity contribution in [2.75, 3.05) is 16.4 Å². The molecule has 0 aliphatic carbocycles. The van der Waals surface area contributed by atoms with Crippen molar-refractivity contribution in [1.29, 1.82) is 0 Å². The van der Waals surface area contributed by atoms with Crippen LogP contribution in [0.3, 0.4) is 0 Å². The van der Waals surface area contributed by atoms with Crippen molar-refractivity contribution in [2.45, 2.75) is 12.5 Å². The molecule has 2 aliphatic heterocycles. The largest absolute Gasteiger partial charge is 0.457 e. The second-order valence-electron chi connectivity index (χ2n) is 6.15. The van der Waals surface area contributed by atoms with Gasteiger partial charge in [-0.1, -0.05) is 6.07 Å². The molecule has 1 aromatic carbocycles. The fraction of sp³-hybridized carbons (Fsp3) is 0.294. The van der Waals surface area contributed by atoms with E-state index in [1.165, 1.54) is 0 Å². The molecule has 0 bridgehead atoms. The highest BCUT2D eigenvalue weighted by Crippen LogP contribution is 2.38. The first-order valence-electron chi connectivity index (χ1n) is 7.72. The van der Waals surface area contributed by atoms with Crippen molar-refractivity contribution >= 4 is 21.4 Å². The minimum Gasteiger partial charge on any atom is -0.457 e. The molecule has 24 heavy (non-hydrogen) atoms. The number of anilines is 1. The molecule has 0 saturated carbocycles. The average molecular weight is 344 g/mol. The predicted octanol–water partition coefficient (Wildman–Crippen LogP) is 2.02. The van der Waals surface area contributed by atoms with Crippen LogP contribution in [0.5, 0.6) is 11.5 Å². The van der Waals surface area contributed by atoms with Crippen LogP contribution in [0.25, 0.3) is 0 Å². The van der Waals surface area contributed by atoms with E-state index in [1.807, 2.05) is 6.07 Å². The molecular formula is C17H16N2O4S. The molecule has 3 heterocycles. The van der Waals surface area contributed by atoms with Gasteiger partial charge in [-0.15, -0.1) is 0 Å². The number of hydrogen-bond donors (Lipinski definition) is 0. The number of carbonyl (C=O) groups excluding carboxylic acids is 1. The third-order valence-electron chi connectivity index (χ3n) is 4.46. The molecule has 2 unspecified atom stereocenters. The lowest BCUT2D eigenvalue weighted by Crippen LogP contribution is -2.36. The standard InChI is InChI=1S/C17H16N2O4S/c20-17-8-12-10-24(21,22)11-16(12)19(17)13-2-1-3-15(9-13)23-14-4-6-18-7-5-14/h1-7,9,12,16H,8,10-11H2. The van der Waals surface area contributed by atoms with Crippen LogP contribution in [-0.2, 0) is 14.6 Å². The summed E-state index contributed by atoms with van der Waals surface area (Å²) in [6.07, 6.45) is 3.56. The Morgan fingerprint density at radius 3 is 2.67 bits per heavy atom. The van der Waals surface area contributed by atoms with E-state index in [0.29, 0.717) is 23.6 Å². The minimum atomic E-state index is -3.06. The molecule has 7 heteroatoms. The van der Waals surface area contributed by atoms with E-state index >= 15 is 0 Å². The smallest absolute Gasteiger partial charge is 0.227 e. The molecule has 0 spiro atoms. The van der Waals surface area contributed by atoms with Crippen LogP contribution in [-0.4, -0.2) is 36.9 Å². The van der Waals surface area contributed by atoms with Crippen LogP contribution in [0.4, 0.5) is 5.69 Å². The van der Waals surface area contributed by atoms with Crippen molar-refractivity contribution in [2.24, 2.45) is 5.92 Å². The number of pyridine rings is 1. The summed E-state index contributed by atoms with van der Waals surface area (Å²) in [4.78, 5) is 17.9. The molecule has 6 nitrogen and oxygen atoms in total. The maximum Gasteiger partial charge on any atom is 0.227 e. The molecule has 1 amide bonds. The van der Waals surface area contributed by atoms with Gasteiger partial charge < -0.3 is 9.64 Å². The Morgan fingerprint density at radius 2 is 1.88 bits per heavy atom. The third kappa shape index (κ3) is 2.75. The Balaban J connectivity index is 1.62. The van der Waals surface area contributed by atoms with E-state index < -0.39 is 9.84 Å². The zero-order valence-corrected chi connectivity index (χ0v) is 13.6. The van der Waals surface area contributed by atoms with E-state index in [0.717, 1.165) is 0 Å². The van der Waals surface area contributed by atoms with Gasteiger partial charge in [0.25, 0.3) is 0 Å². The Bertz CT molecular complexity index is 882. The first kappa shape index (κ1) is 15.1.